The molecule has 3 rings (SSSR count). The summed E-state index contributed by atoms with van der Waals surface area (Å²) in [7, 11) is 0. The first-order valence-corrected chi connectivity index (χ1v) is 8.57. The van der Waals surface area contributed by atoms with Crippen molar-refractivity contribution >= 4 is 23.2 Å². The average Bonchev–Trinajstić information content (AvgIpc) is 3.43. The smallest absolute Gasteiger partial charge is 0.292 e. The van der Waals surface area contributed by atoms with Gasteiger partial charge in [0.05, 0.1) is 16.4 Å². The van der Waals surface area contributed by atoms with E-state index in [-0.39, 0.29) is 34.7 Å². The third kappa shape index (κ3) is 3.89. The van der Waals surface area contributed by atoms with Crippen LogP contribution in [-0.4, -0.2) is 41.3 Å². The summed E-state index contributed by atoms with van der Waals surface area (Å²) in [5.74, 6) is -0.0105. The molecule has 8 heteroatoms. The summed E-state index contributed by atoms with van der Waals surface area (Å²) in [6, 6.07) is 4.21. The van der Waals surface area contributed by atoms with Crippen LogP contribution in [0.5, 0.6) is 0 Å². The Bertz CT molecular complexity index is 702. The van der Waals surface area contributed by atoms with Crippen LogP contribution in [0.15, 0.2) is 18.2 Å². The highest BCUT2D eigenvalue weighted by Gasteiger charge is 2.31. The SMILES string of the molecule is Nc1c(C(=O)N2CCCC(C(=O)NCC3CC3)C2)cccc1[N+](=O)[O-]. The molecule has 1 unspecified atom stereocenters. The van der Waals surface area contributed by atoms with Crippen molar-refractivity contribution in [1.29, 1.82) is 0 Å². The van der Waals surface area contributed by atoms with Gasteiger partial charge < -0.3 is 16.0 Å². The number of carbonyl (C=O) groups is 2. The first-order valence-electron chi connectivity index (χ1n) is 8.57. The second kappa shape index (κ2) is 7.08. The van der Waals surface area contributed by atoms with Crippen LogP contribution in [0.4, 0.5) is 11.4 Å². The van der Waals surface area contributed by atoms with Gasteiger partial charge in [-0.25, -0.2) is 0 Å². The summed E-state index contributed by atoms with van der Waals surface area (Å²) < 4.78 is 0. The fourth-order valence-corrected chi connectivity index (χ4v) is 3.16. The monoisotopic (exact) mass is 346 g/mol. The molecule has 0 spiro atoms. The summed E-state index contributed by atoms with van der Waals surface area (Å²) in [5.41, 5.74) is 5.52. The molecule has 2 amide bonds. The van der Waals surface area contributed by atoms with Crippen molar-refractivity contribution in [1.82, 2.24) is 10.2 Å². The van der Waals surface area contributed by atoms with Gasteiger partial charge in [-0.05, 0) is 37.7 Å². The number of anilines is 1. The van der Waals surface area contributed by atoms with Crippen molar-refractivity contribution in [2.75, 3.05) is 25.4 Å². The Morgan fingerprint density at radius 3 is 2.76 bits per heavy atom. The standard InChI is InChI=1S/C17H22N4O4/c18-15-13(4-1-5-14(15)21(24)25)17(23)20-8-2-3-12(10-20)16(22)19-9-11-6-7-11/h1,4-5,11-12H,2-3,6-10,18H2,(H,19,22). The third-order valence-corrected chi connectivity index (χ3v) is 4.85. The summed E-state index contributed by atoms with van der Waals surface area (Å²) in [6.45, 7) is 1.55. The molecule has 0 aromatic heterocycles. The van der Waals surface area contributed by atoms with E-state index >= 15 is 0 Å². The molecule has 3 N–H and O–H groups in total. The second-order valence-corrected chi connectivity index (χ2v) is 6.77. The minimum atomic E-state index is -0.601. The fraction of sp³-hybridized carbons (Fsp3) is 0.529. The first-order chi connectivity index (χ1) is 12.0. The van der Waals surface area contributed by atoms with Gasteiger partial charge in [0.15, 0.2) is 0 Å². The molecule has 1 saturated heterocycles. The average molecular weight is 346 g/mol. The number of benzene rings is 1. The zero-order valence-electron chi connectivity index (χ0n) is 13.9. The van der Waals surface area contributed by atoms with Crippen LogP contribution in [0.2, 0.25) is 0 Å². The Balaban J connectivity index is 1.68. The van der Waals surface area contributed by atoms with E-state index in [1.165, 1.54) is 31.0 Å². The number of hydrogen-bond acceptors (Lipinski definition) is 5. The van der Waals surface area contributed by atoms with Gasteiger partial charge in [-0.1, -0.05) is 6.07 Å². The lowest BCUT2D eigenvalue weighted by Gasteiger charge is -2.32. The minimum Gasteiger partial charge on any atom is -0.393 e. The molecule has 0 radical (unpaired) electrons. The molecule has 1 aliphatic carbocycles. The molecular formula is C17H22N4O4. The number of para-hydroxylation sites is 1. The second-order valence-electron chi connectivity index (χ2n) is 6.77. The Morgan fingerprint density at radius 1 is 1.32 bits per heavy atom. The molecule has 1 atom stereocenters. The van der Waals surface area contributed by atoms with Crippen LogP contribution in [0, 0.1) is 22.0 Å². The lowest BCUT2D eigenvalue weighted by molar-refractivity contribution is -0.383. The number of likely N-dealkylation sites (tertiary alicyclic amines) is 1. The highest BCUT2D eigenvalue weighted by atomic mass is 16.6. The Morgan fingerprint density at radius 2 is 2.08 bits per heavy atom. The van der Waals surface area contributed by atoms with Crippen LogP contribution in [-0.2, 0) is 4.79 Å². The highest BCUT2D eigenvalue weighted by Crippen LogP contribution is 2.29. The minimum absolute atomic E-state index is 0.0172. The number of nitrogen functional groups attached to an aromatic ring is 1. The predicted molar refractivity (Wildman–Crippen MR) is 91.9 cm³/mol. The van der Waals surface area contributed by atoms with E-state index in [4.69, 9.17) is 5.73 Å². The van der Waals surface area contributed by atoms with Gasteiger partial charge in [0, 0.05) is 25.7 Å². The molecule has 1 aromatic rings. The number of nitrogens with one attached hydrogen (secondary N) is 1. The third-order valence-electron chi connectivity index (χ3n) is 4.85. The Hall–Kier alpha value is -2.64. The predicted octanol–water partition coefficient (Wildman–Crippen LogP) is 1.56. The molecule has 2 fully saturated rings. The molecule has 1 heterocycles. The van der Waals surface area contributed by atoms with E-state index in [1.807, 2.05) is 0 Å². The van der Waals surface area contributed by atoms with E-state index in [2.05, 4.69) is 5.32 Å². The largest absolute Gasteiger partial charge is 0.393 e. The van der Waals surface area contributed by atoms with Gasteiger partial charge in [0.25, 0.3) is 11.6 Å². The highest BCUT2D eigenvalue weighted by molar-refractivity contribution is 6.01. The quantitative estimate of drug-likeness (QED) is 0.476. The van der Waals surface area contributed by atoms with E-state index in [0.717, 1.165) is 12.8 Å². The van der Waals surface area contributed by atoms with Crippen LogP contribution >= 0.6 is 0 Å². The molecule has 1 aliphatic heterocycles. The van der Waals surface area contributed by atoms with E-state index in [0.29, 0.717) is 25.6 Å². The molecule has 0 bridgehead atoms. The maximum atomic E-state index is 12.7. The fourth-order valence-electron chi connectivity index (χ4n) is 3.16. The maximum absolute atomic E-state index is 12.7. The lowest BCUT2D eigenvalue weighted by Crippen LogP contribution is -2.45. The molecule has 1 saturated carbocycles. The van der Waals surface area contributed by atoms with E-state index < -0.39 is 4.92 Å². The van der Waals surface area contributed by atoms with Crippen LogP contribution in [0.3, 0.4) is 0 Å². The molecule has 25 heavy (non-hydrogen) atoms. The lowest BCUT2D eigenvalue weighted by atomic mass is 9.96. The van der Waals surface area contributed by atoms with Gasteiger partial charge >= 0.3 is 0 Å². The molecular weight excluding hydrogens is 324 g/mol. The van der Waals surface area contributed by atoms with Crippen molar-refractivity contribution in [2.24, 2.45) is 11.8 Å². The number of nitrogens with zero attached hydrogens (tertiary/aromatic N) is 2. The van der Waals surface area contributed by atoms with E-state index in [9.17, 15) is 19.7 Å². The van der Waals surface area contributed by atoms with Gasteiger partial charge in [-0.15, -0.1) is 0 Å². The number of nitro groups is 1. The number of rotatable bonds is 5. The van der Waals surface area contributed by atoms with Gasteiger partial charge in [-0.2, -0.15) is 0 Å². The molecule has 8 nitrogen and oxygen atoms in total. The number of nitro benzene ring substituents is 1. The number of carbonyl (C=O) groups excluding carboxylic acids is 2. The van der Waals surface area contributed by atoms with Crippen molar-refractivity contribution < 1.29 is 14.5 Å². The summed E-state index contributed by atoms with van der Waals surface area (Å²) >= 11 is 0. The number of amides is 2. The van der Waals surface area contributed by atoms with Gasteiger partial charge in [-0.3, -0.25) is 19.7 Å². The van der Waals surface area contributed by atoms with Crippen LogP contribution < -0.4 is 11.1 Å². The normalized spacial score (nSPS) is 20.2. The topological polar surface area (TPSA) is 119 Å². The van der Waals surface area contributed by atoms with Crippen molar-refractivity contribution in [3.63, 3.8) is 0 Å². The van der Waals surface area contributed by atoms with Gasteiger partial charge in [0.1, 0.15) is 5.69 Å². The van der Waals surface area contributed by atoms with E-state index in [1.54, 1.807) is 4.90 Å². The van der Waals surface area contributed by atoms with Crippen LogP contribution in [0.1, 0.15) is 36.0 Å². The molecule has 2 aliphatic rings. The summed E-state index contributed by atoms with van der Waals surface area (Å²) in [5, 5.41) is 14.0. The number of nitrogens with two attached hydrogens (primary N) is 1. The zero-order valence-corrected chi connectivity index (χ0v) is 13.9. The van der Waals surface area contributed by atoms with Crippen LogP contribution in [0.25, 0.3) is 0 Å². The Labute approximate surface area is 145 Å². The maximum Gasteiger partial charge on any atom is 0.292 e. The van der Waals surface area contributed by atoms with Gasteiger partial charge in [0.2, 0.25) is 5.91 Å². The summed E-state index contributed by atoms with van der Waals surface area (Å²) in [4.78, 5) is 37.0. The zero-order chi connectivity index (χ0) is 18.0. The number of piperidine rings is 1. The number of hydrogen-bond donors (Lipinski definition) is 2. The molecule has 1 aromatic carbocycles. The molecule has 134 valence electrons. The first kappa shape index (κ1) is 17.2. The van der Waals surface area contributed by atoms with Crippen molar-refractivity contribution in [3.05, 3.63) is 33.9 Å². The summed E-state index contributed by atoms with van der Waals surface area (Å²) in [6.07, 6.45) is 3.80. The Kier molecular flexibility index (Phi) is 4.87. The van der Waals surface area contributed by atoms with Crippen molar-refractivity contribution in [3.8, 4) is 0 Å². The van der Waals surface area contributed by atoms with Crippen molar-refractivity contribution in [2.45, 2.75) is 25.7 Å².